The van der Waals surface area contributed by atoms with Gasteiger partial charge in [0.1, 0.15) is 0 Å². The number of rotatable bonds is 3. The number of alkyl halides is 1. The average molecular weight is 242 g/mol. The van der Waals surface area contributed by atoms with E-state index in [4.69, 9.17) is 23.2 Å². The third-order valence-electron chi connectivity index (χ3n) is 2.05. The summed E-state index contributed by atoms with van der Waals surface area (Å²) in [6.45, 7) is 0.600. The molecule has 1 aromatic heterocycles. The van der Waals surface area contributed by atoms with E-state index in [1.165, 1.54) is 0 Å². The van der Waals surface area contributed by atoms with Crippen molar-refractivity contribution in [1.29, 1.82) is 0 Å². The first-order chi connectivity index (χ1) is 7.25. The van der Waals surface area contributed by atoms with E-state index in [1.54, 1.807) is 17.1 Å². The quantitative estimate of drug-likeness (QED) is 0.774. The zero-order valence-corrected chi connectivity index (χ0v) is 9.36. The highest BCUT2D eigenvalue weighted by atomic mass is 35.5. The lowest BCUT2D eigenvalue weighted by molar-refractivity contribution is 0.578. The van der Waals surface area contributed by atoms with Crippen molar-refractivity contribution >= 4 is 23.2 Å². The molecule has 3 nitrogen and oxygen atoms in total. The summed E-state index contributed by atoms with van der Waals surface area (Å²) in [5, 5.41) is 8.16. The molecule has 1 atom stereocenters. The Kier molecular flexibility index (Phi) is 3.23. The highest BCUT2D eigenvalue weighted by Gasteiger charge is 2.08. The molecule has 0 N–H and O–H groups in total. The molecule has 1 unspecified atom stereocenters. The predicted octanol–water partition coefficient (Wildman–Crippen LogP) is 2.91. The Morgan fingerprint density at radius 1 is 1.27 bits per heavy atom. The second kappa shape index (κ2) is 4.64. The molecule has 0 saturated carbocycles. The van der Waals surface area contributed by atoms with Gasteiger partial charge in [-0.2, -0.15) is 0 Å². The van der Waals surface area contributed by atoms with E-state index in [0.717, 1.165) is 5.56 Å². The van der Waals surface area contributed by atoms with Crippen molar-refractivity contribution in [3.05, 3.63) is 47.2 Å². The number of benzene rings is 1. The van der Waals surface area contributed by atoms with E-state index in [2.05, 4.69) is 10.3 Å². The lowest BCUT2D eigenvalue weighted by Crippen LogP contribution is -2.05. The zero-order chi connectivity index (χ0) is 10.7. The third kappa shape index (κ3) is 2.70. The third-order valence-corrected chi connectivity index (χ3v) is 2.69. The van der Waals surface area contributed by atoms with Gasteiger partial charge in [0.05, 0.1) is 18.1 Å². The number of halogens is 2. The van der Waals surface area contributed by atoms with Gasteiger partial charge < -0.3 is 0 Å². The number of aromatic nitrogens is 3. The lowest BCUT2D eigenvalue weighted by atomic mass is 10.1. The SMILES string of the molecule is Clc1ccc(C(Cl)Cn2ccnn2)cc1. The standard InChI is InChI=1S/C10H9Cl2N3/c11-9-3-1-8(2-4-9)10(12)7-15-6-5-13-14-15/h1-6,10H,7H2. The molecule has 0 aliphatic carbocycles. The van der Waals surface area contributed by atoms with E-state index in [1.807, 2.05) is 24.3 Å². The van der Waals surface area contributed by atoms with Crippen LogP contribution in [0.25, 0.3) is 0 Å². The number of hydrogen-bond acceptors (Lipinski definition) is 2. The molecule has 1 aromatic carbocycles. The van der Waals surface area contributed by atoms with E-state index >= 15 is 0 Å². The van der Waals surface area contributed by atoms with Crippen molar-refractivity contribution in [1.82, 2.24) is 15.0 Å². The molecule has 0 fully saturated rings. The Labute approximate surface area is 97.6 Å². The second-order valence-corrected chi connectivity index (χ2v) is 4.11. The van der Waals surface area contributed by atoms with Crippen LogP contribution >= 0.6 is 23.2 Å². The molecule has 2 aromatic rings. The molecule has 78 valence electrons. The van der Waals surface area contributed by atoms with Crippen LogP contribution in [0.2, 0.25) is 5.02 Å². The normalized spacial score (nSPS) is 12.7. The largest absolute Gasteiger partial charge is 0.251 e. The molecule has 1 heterocycles. The van der Waals surface area contributed by atoms with E-state index in [9.17, 15) is 0 Å². The first-order valence-corrected chi connectivity index (χ1v) is 5.31. The topological polar surface area (TPSA) is 30.7 Å². The summed E-state index contributed by atoms with van der Waals surface area (Å²) in [5.74, 6) is 0. The molecule has 2 rings (SSSR count). The molecule has 0 bridgehead atoms. The molecular formula is C10H9Cl2N3. The minimum atomic E-state index is -0.121. The van der Waals surface area contributed by atoms with Crippen LogP contribution in [-0.4, -0.2) is 15.0 Å². The fourth-order valence-corrected chi connectivity index (χ4v) is 1.68. The van der Waals surface area contributed by atoms with E-state index < -0.39 is 0 Å². The van der Waals surface area contributed by atoms with Gasteiger partial charge in [-0.3, -0.25) is 4.68 Å². The van der Waals surface area contributed by atoms with Gasteiger partial charge in [0.25, 0.3) is 0 Å². The Morgan fingerprint density at radius 2 is 2.00 bits per heavy atom. The minimum Gasteiger partial charge on any atom is -0.251 e. The van der Waals surface area contributed by atoms with Crippen LogP contribution in [0.4, 0.5) is 0 Å². The number of nitrogens with zero attached hydrogens (tertiary/aromatic N) is 3. The fraction of sp³-hybridized carbons (Fsp3) is 0.200. The van der Waals surface area contributed by atoms with Gasteiger partial charge >= 0.3 is 0 Å². The van der Waals surface area contributed by atoms with Crippen LogP contribution < -0.4 is 0 Å². The van der Waals surface area contributed by atoms with Crippen LogP contribution in [0, 0.1) is 0 Å². The molecule has 0 radical (unpaired) electrons. The van der Waals surface area contributed by atoms with Gasteiger partial charge in [-0.1, -0.05) is 28.9 Å². The first kappa shape index (κ1) is 10.5. The lowest BCUT2D eigenvalue weighted by Gasteiger charge is -2.09. The molecule has 0 spiro atoms. The van der Waals surface area contributed by atoms with Crippen molar-refractivity contribution in [2.45, 2.75) is 11.9 Å². The fourth-order valence-electron chi connectivity index (χ4n) is 1.27. The van der Waals surface area contributed by atoms with Crippen molar-refractivity contribution < 1.29 is 0 Å². The van der Waals surface area contributed by atoms with E-state index in [0.29, 0.717) is 11.6 Å². The Bertz CT molecular complexity index is 411. The van der Waals surface area contributed by atoms with Crippen molar-refractivity contribution in [3.63, 3.8) is 0 Å². The zero-order valence-electron chi connectivity index (χ0n) is 7.85. The molecule has 0 aliphatic heterocycles. The summed E-state index contributed by atoms with van der Waals surface area (Å²) in [6.07, 6.45) is 3.41. The maximum absolute atomic E-state index is 6.22. The first-order valence-electron chi connectivity index (χ1n) is 4.49. The molecule has 5 heteroatoms. The minimum absolute atomic E-state index is 0.121. The smallest absolute Gasteiger partial charge is 0.0782 e. The number of hydrogen-bond donors (Lipinski definition) is 0. The average Bonchev–Trinajstić information content (AvgIpc) is 2.71. The van der Waals surface area contributed by atoms with Gasteiger partial charge in [0, 0.05) is 11.2 Å². The Morgan fingerprint density at radius 3 is 2.60 bits per heavy atom. The molecule has 0 saturated heterocycles. The summed E-state index contributed by atoms with van der Waals surface area (Å²) >= 11 is 12.0. The van der Waals surface area contributed by atoms with Gasteiger partial charge in [-0.15, -0.1) is 16.7 Å². The van der Waals surface area contributed by atoms with Crippen LogP contribution in [0.5, 0.6) is 0 Å². The van der Waals surface area contributed by atoms with Gasteiger partial charge in [-0.05, 0) is 17.7 Å². The molecule has 0 aliphatic rings. The predicted molar refractivity (Wildman–Crippen MR) is 60.1 cm³/mol. The summed E-state index contributed by atoms with van der Waals surface area (Å²) in [4.78, 5) is 0. The van der Waals surface area contributed by atoms with Gasteiger partial charge in [0.15, 0.2) is 0 Å². The Hall–Kier alpha value is -1.06. The van der Waals surface area contributed by atoms with Gasteiger partial charge in [-0.25, -0.2) is 0 Å². The summed E-state index contributed by atoms with van der Waals surface area (Å²) in [5.41, 5.74) is 1.02. The maximum atomic E-state index is 6.22. The highest BCUT2D eigenvalue weighted by molar-refractivity contribution is 6.30. The molecule has 0 amide bonds. The van der Waals surface area contributed by atoms with Crippen LogP contribution in [-0.2, 0) is 6.54 Å². The van der Waals surface area contributed by atoms with Crippen molar-refractivity contribution in [2.24, 2.45) is 0 Å². The van der Waals surface area contributed by atoms with Gasteiger partial charge in [0.2, 0.25) is 0 Å². The highest BCUT2D eigenvalue weighted by Crippen LogP contribution is 2.23. The summed E-state index contributed by atoms with van der Waals surface area (Å²) in [6, 6.07) is 7.48. The van der Waals surface area contributed by atoms with Crippen molar-refractivity contribution in [3.8, 4) is 0 Å². The second-order valence-electron chi connectivity index (χ2n) is 3.14. The monoisotopic (exact) mass is 241 g/mol. The molecule has 15 heavy (non-hydrogen) atoms. The summed E-state index contributed by atoms with van der Waals surface area (Å²) < 4.78 is 1.70. The van der Waals surface area contributed by atoms with Crippen molar-refractivity contribution in [2.75, 3.05) is 0 Å². The molecular weight excluding hydrogens is 233 g/mol. The van der Waals surface area contributed by atoms with E-state index in [-0.39, 0.29) is 5.38 Å². The Balaban J connectivity index is 2.08. The van der Waals surface area contributed by atoms with Crippen LogP contribution in [0.3, 0.4) is 0 Å². The van der Waals surface area contributed by atoms with Crippen LogP contribution in [0.1, 0.15) is 10.9 Å². The maximum Gasteiger partial charge on any atom is 0.0782 e. The van der Waals surface area contributed by atoms with Crippen LogP contribution in [0.15, 0.2) is 36.7 Å². The summed E-state index contributed by atoms with van der Waals surface area (Å²) in [7, 11) is 0.